The zero-order valence-electron chi connectivity index (χ0n) is 20.5. The van der Waals surface area contributed by atoms with Gasteiger partial charge in [-0.05, 0) is 86.3 Å². The third-order valence-electron chi connectivity index (χ3n) is 6.50. The van der Waals surface area contributed by atoms with Crippen LogP contribution in [0.1, 0.15) is 22.3 Å². The second-order valence-corrected chi connectivity index (χ2v) is 10.9. The first kappa shape index (κ1) is 25.7. The number of sulfone groups is 1. The smallest absolute Gasteiger partial charge is 0.207 e. The van der Waals surface area contributed by atoms with Crippen molar-refractivity contribution in [3.05, 3.63) is 70.8 Å². The van der Waals surface area contributed by atoms with Gasteiger partial charge in [0.25, 0.3) is 0 Å². The van der Waals surface area contributed by atoms with Crippen molar-refractivity contribution in [3.8, 4) is 56.8 Å². The van der Waals surface area contributed by atoms with Gasteiger partial charge in [0.05, 0.1) is 9.79 Å². The summed E-state index contributed by atoms with van der Waals surface area (Å²) in [5, 5.41) is 61.1. The van der Waals surface area contributed by atoms with Crippen LogP contribution in [-0.2, 0) is 9.84 Å². The zero-order chi connectivity index (χ0) is 27.4. The fourth-order valence-corrected chi connectivity index (χ4v) is 6.47. The van der Waals surface area contributed by atoms with Gasteiger partial charge in [0.15, 0.2) is 23.0 Å². The molecule has 8 nitrogen and oxygen atoms in total. The molecule has 9 heteroatoms. The summed E-state index contributed by atoms with van der Waals surface area (Å²) in [4.78, 5) is -0.335. The van der Waals surface area contributed by atoms with Crippen LogP contribution in [0.15, 0.2) is 58.3 Å². The number of hydrogen-bond donors (Lipinski definition) is 6. The van der Waals surface area contributed by atoms with E-state index in [9.17, 15) is 39.1 Å². The number of aromatic hydroxyl groups is 6. The number of rotatable bonds is 4. The molecule has 0 unspecified atom stereocenters. The molecule has 37 heavy (non-hydrogen) atoms. The summed E-state index contributed by atoms with van der Waals surface area (Å²) < 4.78 is 28.7. The minimum atomic E-state index is -4.38. The van der Waals surface area contributed by atoms with Crippen molar-refractivity contribution in [1.82, 2.24) is 0 Å². The van der Waals surface area contributed by atoms with E-state index >= 15 is 0 Å². The summed E-state index contributed by atoms with van der Waals surface area (Å²) in [6.07, 6.45) is 0. The first-order chi connectivity index (χ1) is 17.2. The Bertz CT molecular complexity index is 1570. The molecular formula is C28H26O8S. The van der Waals surface area contributed by atoms with Crippen molar-refractivity contribution in [2.75, 3.05) is 0 Å². The van der Waals surface area contributed by atoms with E-state index in [4.69, 9.17) is 0 Å². The monoisotopic (exact) mass is 522 g/mol. The molecule has 4 aromatic carbocycles. The number of aryl methyl sites for hydroxylation is 2. The molecule has 0 atom stereocenters. The molecular weight excluding hydrogens is 496 g/mol. The average molecular weight is 523 g/mol. The van der Waals surface area contributed by atoms with Crippen LogP contribution in [0.5, 0.6) is 34.5 Å². The molecule has 4 rings (SSSR count). The Kier molecular flexibility index (Phi) is 6.21. The first-order valence-corrected chi connectivity index (χ1v) is 12.7. The predicted molar refractivity (Wildman–Crippen MR) is 138 cm³/mol. The standard InChI is InChI=1S/C28H26O8S/c1-13-9-23(25(15(3)27(13)33)17-5-7-19(29)21(31)11-17)37(35,36)24-10-14(2)28(34)16(4)26(24)18-6-8-20(30)22(32)12-18/h5-12,29-34H,1-4H3. The van der Waals surface area contributed by atoms with Gasteiger partial charge in [-0.2, -0.15) is 0 Å². The Balaban J connectivity index is 2.13. The molecule has 4 aromatic rings. The van der Waals surface area contributed by atoms with Crippen molar-refractivity contribution in [3.63, 3.8) is 0 Å². The molecule has 0 spiro atoms. The normalized spacial score (nSPS) is 11.6. The van der Waals surface area contributed by atoms with Gasteiger partial charge in [-0.15, -0.1) is 0 Å². The number of benzene rings is 4. The fourth-order valence-electron chi connectivity index (χ4n) is 4.49. The van der Waals surface area contributed by atoms with Crippen molar-refractivity contribution >= 4 is 9.84 Å². The molecule has 6 N–H and O–H groups in total. The molecule has 0 aromatic heterocycles. The number of phenols is 6. The maximum absolute atomic E-state index is 14.4. The Morgan fingerprint density at radius 3 is 1.19 bits per heavy atom. The Hall–Kier alpha value is -4.37. The minimum Gasteiger partial charge on any atom is -0.507 e. The highest BCUT2D eigenvalue weighted by Gasteiger charge is 2.31. The van der Waals surface area contributed by atoms with Crippen LogP contribution < -0.4 is 0 Å². The van der Waals surface area contributed by atoms with Gasteiger partial charge in [0.1, 0.15) is 11.5 Å². The van der Waals surface area contributed by atoms with Crippen LogP contribution in [0, 0.1) is 27.7 Å². The topological polar surface area (TPSA) is 156 Å². The van der Waals surface area contributed by atoms with E-state index in [-0.39, 0.29) is 66.2 Å². The quantitative estimate of drug-likeness (QED) is 0.197. The van der Waals surface area contributed by atoms with Crippen LogP contribution in [-0.4, -0.2) is 39.1 Å². The lowest BCUT2D eigenvalue weighted by Crippen LogP contribution is -2.09. The van der Waals surface area contributed by atoms with E-state index in [0.717, 1.165) is 0 Å². The zero-order valence-corrected chi connectivity index (χ0v) is 21.3. The van der Waals surface area contributed by atoms with E-state index < -0.39 is 21.3 Å². The van der Waals surface area contributed by atoms with Crippen LogP contribution in [0.3, 0.4) is 0 Å². The van der Waals surface area contributed by atoms with E-state index in [0.29, 0.717) is 11.1 Å². The summed E-state index contributed by atoms with van der Waals surface area (Å²) in [5.74, 6) is -1.94. The van der Waals surface area contributed by atoms with Crippen LogP contribution in [0.2, 0.25) is 0 Å². The highest BCUT2D eigenvalue weighted by atomic mass is 32.2. The average Bonchev–Trinajstić information content (AvgIpc) is 2.84. The lowest BCUT2D eigenvalue weighted by atomic mass is 9.96. The van der Waals surface area contributed by atoms with Gasteiger partial charge in [0.2, 0.25) is 9.84 Å². The van der Waals surface area contributed by atoms with Crippen LogP contribution >= 0.6 is 0 Å². The Labute approximate surface area is 213 Å². The molecule has 0 fully saturated rings. The predicted octanol–water partition coefficient (Wildman–Crippen LogP) is 5.32. The maximum Gasteiger partial charge on any atom is 0.207 e. The van der Waals surface area contributed by atoms with Gasteiger partial charge in [-0.25, -0.2) is 8.42 Å². The molecule has 192 valence electrons. The molecule has 0 aliphatic rings. The molecule has 0 radical (unpaired) electrons. The molecule has 0 aliphatic carbocycles. The molecule has 0 aliphatic heterocycles. The second kappa shape index (κ2) is 8.94. The lowest BCUT2D eigenvalue weighted by Gasteiger charge is -2.21. The largest absolute Gasteiger partial charge is 0.507 e. The molecule has 0 amide bonds. The van der Waals surface area contributed by atoms with Gasteiger partial charge >= 0.3 is 0 Å². The lowest BCUT2D eigenvalue weighted by molar-refractivity contribution is 0.404. The van der Waals surface area contributed by atoms with Gasteiger partial charge < -0.3 is 30.6 Å². The summed E-state index contributed by atoms with van der Waals surface area (Å²) in [5.41, 5.74) is 1.86. The van der Waals surface area contributed by atoms with Crippen molar-refractivity contribution in [2.24, 2.45) is 0 Å². The van der Waals surface area contributed by atoms with Crippen molar-refractivity contribution in [1.29, 1.82) is 0 Å². The Morgan fingerprint density at radius 1 is 0.514 bits per heavy atom. The van der Waals surface area contributed by atoms with E-state index in [2.05, 4.69) is 0 Å². The van der Waals surface area contributed by atoms with E-state index in [1.54, 1.807) is 27.7 Å². The molecule has 0 saturated carbocycles. The number of phenolic OH excluding ortho intramolecular Hbond substituents is 6. The minimum absolute atomic E-state index is 0.122. The van der Waals surface area contributed by atoms with Gasteiger partial charge in [-0.1, -0.05) is 12.1 Å². The van der Waals surface area contributed by atoms with Gasteiger partial charge in [-0.3, -0.25) is 0 Å². The van der Waals surface area contributed by atoms with E-state index in [1.165, 1.54) is 48.5 Å². The van der Waals surface area contributed by atoms with E-state index in [1.807, 2.05) is 0 Å². The fraction of sp³-hybridized carbons (Fsp3) is 0.143. The molecule has 0 heterocycles. The summed E-state index contributed by atoms with van der Waals surface area (Å²) >= 11 is 0. The number of hydrogen-bond acceptors (Lipinski definition) is 8. The third-order valence-corrected chi connectivity index (χ3v) is 8.30. The SMILES string of the molecule is Cc1cc(S(=O)(=O)c2cc(C)c(O)c(C)c2-c2ccc(O)c(O)c2)c(-c2ccc(O)c(O)c2)c(C)c1O. The van der Waals surface area contributed by atoms with Crippen molar-refractivity contribution in [2.45, 2.75) is 37.5 Å². The van der Waals surface area contributed by atoms with Crippen LogP contribution in [0.25, 0.3) is 22.3 Å². The highest BCUT2D eigenvalue weighted by molar-refractivity contribution is 7.91. The summed E-state index contributed by atoms with van der Waals surface area (Å²) in [7, 11) is -4.38. The summed E-state index contributed by atoms with van der Waals surface area (Å²) in [6.45, 7) is 6.22. The van der Waals surface area contributed by atoms with Crippen LogP contribution in [0.4, 0.5) is 0 Å². The second-order valence-electron chi connectivity index (χ2n) is 8.99. The van der Waals surface area contributed by atoms with Gasteiger partial charge in [0, 0.05) is 22.3 Å². The summed E-state index contributed by atoms with van der Waals surface area (Å²) in [6, 6.07) is 10.4. The highest BCUT2D eigenvalue weighted by Crippen LogP contribution is 2.46. The molecule has 0 bridgehead atoms. The molecule has 0 saturated heterocycles. The third kappa shape index (κ3) is 4.17. The first-order valence-electron chi connectivity index (χ1n) is 11.2. The Morgan fingerprint density at radius 2 is 0.865 bits per heavy atom. The maximum atomic E-state index is 14.4. The van der Waals surface area contributed by atoms with Crippen molar-refractivity contribution < 1.29 is 39.1 Å².